The molecule has 15 heavy (non-hydrogen) atoms. The summed E-state index contributed by atoms with van der Waals surface area (Å²) in [7, 11) is 0. The van der Waals surface area contributed by atoms with Crippen LogP contribution in [-0.4, -0.2) is 0 Å². The van der Waals surface area contributed by atoms with Crippen molar-refractivity contribution in [3.63, 3.8) is 0 Å². The Kier molecular flexibility index (Phi) is 5.57. The van der Waals surface area contributed by atoms with Crippen LogP contribution in [0.2, 0.25) is 0 Å². The number of benzene rings is 1. The van der Waals surface area contributed by atoms with E-state index in [2.05, 4.69) is 48.6 Å². The van der Waals surface area contributed by atoms with Crippen LogP contribution in [0.1, 0.15) is 31.2 Å². The molecule has 0 amide bonds. The van der Waals surface area contributed by atoms with E-state index < -0.39 is 0 Å². The van der Waals surface area contributed by atoms with Crippen LogP contribution in [-0.2, 0) is 19.5 Å². The van der Waals surface area contributed by atoms with E-state index in [0.29, 0.717) is 0 Å². The van der Waals surface area contributed by atoms with E-state index in [9.17, 15) is 0 Å². The summed E-state index contributed by atoms with van der Waals surface area (Å²) in [5, 5.41) is 0. The van der Waals surface area contributed by atoms with E-state index in [-0.39, 0.29) is 19.5 Å². The standard InChI is InChI=1S/C14H16.Rh/c1-2-5-9-13(10-6-3-1)14-11-7-4-8-12-14;/h1-2,4,7-8,10-12H,3,5-6,9H2;. The minimum absolute atomic E-state index is 0. The van der Waals surface area contributed by atoms with E-state index in [1.807, 2.05) is 0 Å². The topological polar surface area (TPSA) is 0 Å². The van der Waals surface area contributed by atoms with E-state index in [1.165, 1.54) is 36.8 Å². The van der Waals surface area contributed by atoms with Gasteiger partial charge in [-0.05, 0) is 36.8 Å². The van der Waals surface area contributed by atoms with Gasteiger partial charge in [-0.1, -0.05) is 48.6 Å². The number of hydrogen-bond donors (Lipinski definition) is 0. The van der Waals surface area contributed by atoms with Crippen molar-refractivity contribution in [3.05, 3.63) is 54.1 Å². The van der Waals surface area contributed by atoms with Crippen molar-refractivity contribution in [2.24, 2.45) is 0 Å². The van der Waals surface area contributed by atoms with Crippen molar-refractivity contribution < 1.29 is 19.5 Å². The largest absolute Gasteiger partial charge is 0.0882 e. The monoisotopic (exact) mass is 287 g/mol. The first-order valence-electron chi connectivity index (χ1n) is 5.36. The molecule has 1 aliphatic carbocycles. The molecule has 2 rings (SSSR count). The van der Waals surface area contributed by atoms with Gasteiger partial charge in [-0.2, -0.15) is 0 Å². The van der Waals surface area contributed by atoms with Crippen LogP contribution >= 0.6 is 0 Å². The third-order valence-electron chi connectivity index (χ3n) is 2.62. The smallest absolute Gasteiger partial charge is 0 e. The fourth-order valence-corrected chi connectivity index (χ4v) is 1.84. The summed E-state index contributed by atoms with van der Waals surface area (Å²) in [6.45, 7) is 0. The van der Waals surface area contributed by atoms with Crippen LogP contribution in [0, 0.1) is 0 Å². The Hall–Kier alpha value is -0.677. The summed E-state index contributed by atoms with van der Waals surface area (Å²) in [5.41, 5.74) is 2.90. The molecule has 1 aromatic rings. The van der Waals surface area contributed by atoms with E-state index in [1.54, 1.807) is 0 Å². The van der Waals surface area contributed by atoms with Crippen molar-refractivity contribution in [2.75, 3.05) is 0 Å². The van der Waals surface area contributed by atoms with Gasteiger partial charge in [-0.15, -0.1) is 0 Å². The van der Waals surface area contributed by atoms with Crippen LogP contribution in [0.25, 0.3) is 5.57 Å². The summed E-state index contributed by atoms with van der Waals surface area (Å²) in [5.74, 6) is 0. The first-order valence-corrected chi connectivity index (χ1v) is 5.36. The Morgan fingerprint density at radius 3 is 2.33 bits per heavy atom. The fraction of sp³-hybridized carbons (Fsp3) is 0.286. The van der Waals surface area contributed by atoms with Crippen molar-refractivity contribution in [1.29, 1.82) is 0 Å². The summed E-state index contributed by atoms with van der Waals surface area (Å²) in [6.07, 6.45) is 11.7. The van der Waals surface area contributed by atoms with Gasteiger partial charge >= 0.3 is 0 Å². The van der Waals surface area contributed by atoms with Gasteiger partial charge in [0.05, 0.1) is 0 Å². The average molecular weight is 287 g/mol. The van der Waals surface area contributed by atoms with Gasteiger partial charge in [0.1, 0.15) is 0 Å². The van der Waals surface area contributed by atoms with Gasteiger partial charge in [-0.25, -0.2) is 0 Å². The normalized spacial score (nSPS) is 15.9. The quantitative estimate of drug-likeness (QED) is 0.536. The minimum atomic E-state index is 0. The first-order chi connectivity index (χ1) is 6.97. The molecule has 1 aliphatic rings. The van der Waals surface area contributed by atoms with Gasteiger partial charge in [-0.3, -0.25) is 0 Å². The second-order valence-corrected chi connectivity index (χ2v) is 3.68. The van der Waals surface area contributed by atoms with Crippen LogP contribution in [0.3, 0.4) is 0 Å². The Morgan fingerprint density at radius 1 is 0.800 bits per heavy atom. The van der Waals surface area contributed by atoms with Gasteiger partial charge < -0.3 is 0 Å². The number of hydrogen-bond acceptors (Lipinski definition) is 0. The number of allylic oxidation sites excluding steroid dienone is 4. The van der Waals surface area contributed by atoms with E-state index in [4.69, 9.17) is 0 Å². The molecule has 81 valence electrons. The molecule has 0 unspecified atom stereocenters. The SMILES string of the molecule is C1=CCCC(c2ccccc2)=CCC1.[Rh]. The van der Waals surface area contributed by atoms with Crippen LogP contribution < -0.4 is 0 Å². The second kappa shape index (κ2) is 6.74. The van der Waals surface area contributed by atoms with Crippen LogP contribution in [0.5, 0.6) is 0 Å². The zero-order valence-electron chi connectivity index (χ0n) is 8.78. The van der Waals surface area contributed by atoms with E-state index >= 15 is 0 Å². The maximum Gasteiger partial charge on any atom is 0 e. The van der Waals surface area contributed by atoms with Crippen molar-refractivity contribution >= 4 is 5.57 Å². The predicted molar refractivity (Wildman–Crippen MR) is 62.0 cm³/mol. The Balaban J connectivity index is 0.00000112. The molecule has 0 N–H and O–H groups in total. The van der Waals surface area contributed by atoms with Crippen molar-refractivity contribution in [2.45, 2.75) is 25.7 Å². The molecular formula is C14H16Rh. The summed E-state index contributed by atoms with van der Waals surface area (Å²) in [4.78, 5) is 0. The second-order valence-electron chi connectivity index (χ2n) is 3.68. The molecule has 1 aromatic carbocycles. The van der Waals surface area contributed by atoms with E-state index in [0.717, 1.165) is 0 Å². The Morgan fingerprint density at radius 2 is 1.53 bits per heavy atom. The molecule has 1 radical (unpaired) electrons. The van der Waals surface area contributed by atoms with Gasteiger partial charge in [0.15, 0.2) is 0 Å². The predicted octanol–water partition coefficient (Wildman–Crippen LogP) is 4.20. The number of rotatable bonds is 1. The van der Waals surface area contributed by atoms with Crippen molar-refractivity contribution in [3.8, 4) is 0 Å². The molecule has 0 fully saturated rings. The van der Waals surface area contributed by atoms with Crippen molar-refractivity contribution in [1.82, 2.24) is 0 Å². The Bertz CT molecular complexity index is 336. The Labute approximate surface area is 105 Å². The molecule has 0 bridgehead atoms. The summed E-state index contributed by atoms with van der Waals surface area (Å²) < 4.78 is 0. The third kappa shape index (κ3) is 3.76. The maximum absolute atomic E-state index is 2.39. The van der Waals surface area contributed by atoms with Crippen LogP contribution in [0.15, 0.2) is 48.6 Å². The summed E-state index contributed by atoms with van der Waals surface area (Å²) >= 11 is 0. The van der Waals surface area contributed by atoms with Gasteiger partial charge in [0.25, 0.3) is 0 Å². The minimum Gasteiger partial charge on any atom is -0.0882 e. The summed E-state index contributed by atoms with van der Waals surface area (Å²) in [6, 6.07) is 10.7. The van der Waals surface area contributed by atoms with Gasteiger partial charge in [0.2, 0.25) is 0 Å². The molecular weight excluding hydrogens is 271 g/mol. The molecule has 0 atom stereocenters. The molecule has 0 aromatic heterocycles. The average Bonchev–Trinajstić information content (AvgIpc) is 2.18. The molecule has 0 aliphatic heterocycles. The third-order valence-corrected chi connectivity index (χ3v) is 2.62. The molecule has 0 saturated carbocycles. The maximum atomic E-state index is 2.39. The first kappa shape index (κ1) is 12.4. The molecule has 0 spiro atoms. The molecule has 0 saturated heterocycles. The molecule has 0 heterocycles. The van der Waals surface area contributed by atoms with Crippen LogP contribution in [0.4, 0.5) is 0 Å². The molecule has 1 heteroatoms. The van der Waals surface area contributed by atoms with Gasteiger partial charge in [0, 0.05) is 19.5 Å². The molecule has 0 nitrogen and oxygen atoms in total. The zero-order chi connectivity index (χ0) is 9.64. The zero-order valence-corrected chi connectivity index (χ0v) is 10.4. The fourth-order valence-electron chi connectivity index (χ4n) is 1.84.